The van der Waals surface area contributed by atoms with E-state index in [1.165, 1.54) is 7.11 Å². The van der Waals surface area contributed by atoms with E-state index in [1.54, 1.807) is 30.3 Å². The molecule has 1 aromatic carbocycles. The lowest BCUT2D eigenvalue weighted by Gasteiger charge is -2.13. The minimum absolute atomic E-state index is 0.408. The fraction of sp³-hybridized carbons (Fsp3) is 0.133. The zero-order valence-electron chi connectivity index (χ0n) is 11.1. The van der Waals surface area contributed by atoms with Gasteiger partial charge in [-0.3, -0.25) is 0 Å². The zero-order chi connectivity index (χ0) is 14.5. The predicted molar refractivity (Wildman–Crippen MR) is 74.7 cm³/mol. The Bertz CT molecular complexity index is 726. The number of methoxy groups -OCH3 is 1. The fourth-order valence-corrected chi connectivity index (χ4v) is 1.78. The third-order valence-corrected chi connectivity index (χ3v) is 2.76. The molecule has 98 valence electrons. The van der Waals surface area contributed by atoms with Crippen LogP contribution in [0.1, 0.15) is 16.8 Å². The van der Waals surface area contributed by atoms with E-state index in [2.05, 4.69) is 22.4 Å². The summed E-state index contributed by atoms with van der Waals surface area (Å²) in [5, 5.41) is 21.3. The van der Waals surface area contributed by atoms with Gasteiger partial charge < -0.3 is 10.1 Å². The van der Waals surface area contributed by atoms with Crippen molar-refractivity contribution in [3.05, 3.63) is 47.2 Å². The Labute approximate surface area is 117 Å². The molecule has 0 amide bonds. The second-order valence-electron chi connectivity index (χ2n) is 4.08. The Kier molecular flexibility index (Phi) is 3.83. The summed E-state index contributed by atoms with van der Waals surface area (Å²) < 4.78 is 5.24. The highest BCUT2D eigenvalue weighted by molar-refractivity contribution is 5.73. The molecule has 0 saturated carbocycles. The van der Waals surface area contributed by atoms with Crippen molar-refractivity contribution in [3.63, 3.8) is 0 Å². The molecule has 0 spiro atoms. The molecule has 0 radical (unpaired) electrons. The second kappa shape index (κ2) is 5.73. The molecule has 0 aliphatic rings. The smallest absolute Gasteiger partial charge is 0.148 e. The van der Waals surface area contributed by atoms with Gasteiger partial charge >= 0.3 is 0 Å². The SMILES string of the molecule is COc1cccc(C#N)c1Nc1nc(C)ccc1C#N. The number of nitriles is 2. The Morgan fingerprint density at radius 1 is 1.10 bits per heavy atom. The molecule has 20 heavy (non-hydrogen) atoms. The zero-order valence-corrected chi connectivity index (χ0v) is 11.1. The molecule has 0 unspecified atom stereocenters. The molecule has 1 heterocycles. The maximum atomic E-state index is 9.17. The standard InChI is InChI=1S/C15H12N4O/c1-10-6-7-12(9-17)15(18-10)19-14-11(8-16)4-3-5-13(14)20-2/h3-7H,1-2H3,(H,18,19). The minimum atomic E-state index is 0.408. The highest BCUT2D eigenvalue weighted by Crippen LogP contribution is 2.31. The number of rotatable bonds is 3. The number of para-hydroxylation sites is 1. The van der Waals surface area contributed by atoms with Crippen LogP contribution in [-0.2, 0) is 0 Å². The van der Waals surface area contributed by atoms with Crippen molar-refractivity contribution in [2.45, 2.75) is 6.92 Å². The topological polar surface area (TPSA) is 81.7 Å². The Hall–Kier alpha value is -3.05. The second-order valence-corrected chi connectivity index (χ2v) is 4.08. The average molecular weight is 264 g/mol. The van der Waals surface area contributed by atoms with Gasteiger partial charge in [0.15, 0.2) is 0 Å². The molecular formula is C15H12N4O. The first-order chi connectivity index (χ1) is 9.69. The molecule has 5 nitrogen and oxygen atoms in total. The monoisotopic (exact) mass is 264 g/mol. The van der Waals surface area contributed by atoms with Crippen molar-refractivity contribution in [3.8, 4) is 17.9 Å². The molecule has 0 bridgehead atoms. The molecule has 0 saturated heterocycles. The quantitative estimate of drug-likeness (QED) is 0.921. The van der Waals surface area contributed by atoms with Crippen LogP contribution in [0.3, 0.4) is 0 Å². The number of pyridine rings is 1. The van der Waals surface area contributed by atoms with Gasteiger partial charge in [0.05, 0.1) is 18.2 Å². The van der Waals surface area contributed by atoms with Gasteiger partial charge in [-0.05, 0) is 31.2 Å². The van der Waals surface area contributed by atoms with Gasteiger partial charge in [0.1, 0.15) is 29.4 Å². The van der Waals surface area contributed by atoms with Crippen molar-refractivity contribution in [2.24, 2.45) is 0 Å². The first-order valence-electron chi connectivity index (χ1n) is 5.91. The van der Waals surface area contributed by atoms with E-state index in [1.807, 2.05) is 6.92 Å². The molecule has 2 aromatic rings. The number of nitrogens with zero attached hydrogens (tertiary/aromatic N) is 3. The first-order valence-corrected chi connectivity index (χ1v) is 5.91. The van der Waals surface area contributed by atoms with Gasteiger partial charge in [-0.15, -0.1) is 0 Å². The largest absolute Gasteiger partial charge is 0.495 e. The van der Waals surface area contributed by atoms with Crippen molar-refractivity contribution in [2.75, 3.05) is 12.4 Å². The molecule has 1 aromatic heterocycles. The van der Waals surface area contributed by atoms with Crippen molar-refractivity contribution in [1.29, 1.82) is 10.5 Å². The molecule has 0 aliphatic carbocycles. The number of aryl methyl sites for hydroxylation is 1. The van der Waals surface area contributed by atoms with Crippen LogP contribution >= 0.6 is 0 Å². The Morgan fingerprint density at radius 3 is 2.50 bits per heavy atom. The van der Waals surface area contributed by atoms with Crippen LogP contribution in [-0.4, -0.2) is 12.1 Å². The maximum Gasteiger partial charge on any atom is 0.148 e. The summed E-state index contributed by atoms with van der Waals surface area (Å²) in [7, 11) is 1.52. The van der Waals surface area contributed by atoms with E-state index in [-0.39, 0.29) is 0 Å². The Morgan fingerprint density at radius 2 is 1.85 bits per heavy atom. The summed E-state index contributed by atoms with van der Waals surface area (Å²) in [6, 6.07) is 12.8. The third kappa shape index (κ3) is 2.52. The minimum Gasteiger partial charge on any atom is -0.495 e. The normalized spacial score (nSPS) is 9.40. The van der Waals surface area contributed by atoms with Crippen LogP contribution in [0.4, 0.5) is 11.5 Å². The van der Waals surface area contributed by atoms with Crippen LogP contribution in [0.25, 0.3) is 0 Å². The van der Waals surface area contributed by atoms with Crippen LogP contribution in [0.5, 0.6) is 5.75 Å². The average Bonchev–Trinajstić information content (AvgIpc) is 2.47. The first kappa shape index (κ1) is 13.4. The highest BCUT2D eigenvalue weighted by Gasteiger charge is 2.12. The van der Waals surface area contributed by atoms with E-state index >= 15 is 0 Å². The number of anilines is 2. The van der Waals surface area contributed by atoms with E-state index in [4.69, 9.17) is 15.3 Å². The summed E-state index contributed by atoms with van der Waals surface area (Å²) in [4.78, 5) is 4.29. The number of ether oxygens (including phenoxy) is 1. The lowest BCUT2D eigenvalue weighted by molar-refractivity contribution is 0.416. The third-order valence-electron chi connectivity index (χ3n) is 2.76. The lowest BCUT2D eigenvalue weighted by Crippen LogP contribution is -2.02. The maximum absolute atomic E-state index is 9.17. The summed E-state index contributed by atoms with van der Waals surface area (Å²) in [6.07, 6.45) is 0. The molecule has 1 N–H and O–H groups in total. The summed E-state index contributed by atoms with van der Waals surface area (Å²) in [5.74, 6) is 0.935. The molecule has 0 aliphatic heterocycles. The van der Waals surface area contributed by atoms with Crippen LogP contribution in [0.2, 0.25) is 0 Å². The van der Waals surface area contributed by atoms with Crippen molar-refractivity contribution >= 4 is 11.5 Å². The van der Waals surface area contributed by atoms with Gasteiger partial charge in [-0.2, -0.15) is 10.5 Å². The van der Waals surface area contributed by atoms with Gasteiger partial charge in [0, 0.05) is 5.69 Å². The predicted octanol–water partition coefficient (Wildman–Crippen LogP) is 2.89. The number of nitrogens with one attached hydrogen (secondary N) is 1. The number of hydrogen-bond donors (Lipinski definition) is 1. The van der Waals surface area contributed by atoms with Gasteiger partial charge in [-0.25, -0.2) is 4.98 Å². The number of aromatic nitrogens is 1. The van der Waals surface area contributed by atoms with E-state index in [0.717, 1.165) is 5.69 Å². The van der Waals surface area contributed by atoms with Crippen LogP contribution in [0, 0.1) is 29.6 Å². The molecule has 2 rings (SSSR count). The lowest BCUT2D eigenvalue weighted by atomic mass is 10.1. The number of hydrogen-bond acceptors (Lipinski definition) is 5. The Balaban J connectivity index is 2.53. The summed E-state index contributed by atoms with van der Waals surface area (Å²) in [6.45, 7) is 1.83. The molecular weight excluding hydrogens is 252 g/mol. The number of benzene rings is 1. The summed E-state index contributed by atoms with van der Waals surface area (Å²) in [5.41, 5.74) is 2.12. The molecule has 5 heteroatoms. The van der Waals surface area contributed by atoms with Crippen molar-refractivity contribution < 1.29 is 4.74 Å². The van der Waals surface area contributed by atoms with Crippen LogP contribution < -0.4 is 10.1 Å². The van der Waals surface area contributed by atoms with Crippen molar-refractivity contribution in [1.82, 2.24) is 4.98 Å². The van der Waals surface area contributed by atoms with Gasteiger partial charge in [0.2, 0.25) is 0 Å². The van der Waals surface area contributed by atoms with E-state index < -0.39 is 0 Å². The molecule has 0 fully saturated rings. The van der Waals surface area contributed by atoms with E-state index in [9.17, 15) is 0 Å². The van der Waals surface area contributed by atoms with Crippen LogP contribution in [0.15, 0.2) is 30.3 Å². The fourth-order valence-electron chi connectivity index (χ4n) is 1.78. The van der Waals surface area contributed by atoms with E-state index in [0.29, 0.717) is 28.4 Å². The van der Waals surface area contributed by atoms with Gasteiger partial charge in [0.25, 0.3) is 0 Å². The summed E-state index contributed by atoms with van der Waals surface area (Å²) >= 11 is 0. The van der Waals surface area contributed by atoms with Gasteiger partial charge in [-0.1, -0.05) is 6.07 Å². The highest BCUT2D eigenvalue weighted by atomic mass is 16.5. The molecule has 0 atom stereocenters.